The Hall–Kier alpha value is -1.63. The van der Waals surface area contributed by atoms with Gasteiger partial charge in [-0.3, -0.25) is 9.89 Å². The third-order valence-electron chi connectivity index (χ3n) is 4.34. The molecule has 1 unspecified atom stereocenters. The van der Waals surface area contributed by atoms with Crippen LogP contribution in [0.15, 0.2) is 9.52 Å². The molecular weight excluding hydrogens is 304 g/mol. The molecule has 2 heterocycles. The van der Waals surface area contributed by atoms with Gasteiger partial charge < -0.3 is 15.2 Å². The molecule has 24 heavy (non-hydrogen) atoms. The van der Waals surface area contributed by atoms with Crippen LogP contribution in [0.4, 0.5) is 0 Å². The fraction of sp³-hybridized carbons (Fsp3) is 0.824. The van der Waals surface area contributed by atoms with Crippen LogP contribution in [0.1, 0.15) is 58.2 Å². The fourth-order valence-corrected chi connectivity index (χ4v) is 2.95. The van der Waals surface area contributed by atoms with Gasteiger partial charge in [0.1, 0.15) is 0 Å². The molecule has 1 saturated heterocycles. The molecule has 7 heteroatoms. The van der Waals surface area contributed by atoms with Crippen LogP contribution in [-0.4, -0.2) is 59.8 Å². The highest BCUT2D eigenvalue weighted by Gasteiger charge is 2.22. The van der Waals surface area contributed by atoms with E-state index in [9.17, 15) is 0 Å². The Bertz CT molecular complexity index is 513. The van der Waals surface area contributed by atoms with Crippen LogP contribution < -0.4 is 10.6 Å². The first-order chi connectivity index (χ1) is 11.6. The lowest BCUT2D eigenvalue weighted by atomic mass is 10.2. The Morgan fingerprint density at radius 3 is 2.88 bits per heavy atom. The lowest BCUT2D eigenvalue weighted by Gasteiger charge is -2.21. The average Bonchev–Trinajstić information content (AvgIpc) is 3.21. The van der Waals surface area contributed by atoms with E-state index in [1.807, 2.05) is 0 Å². The first kappa shape index (κ1) is 18.7. The summed E-state index contributed by atoms with van der Waals surface area (Å²) < 4.78 is 5.27. The summed E-state index contributed by atoms with van der Waals surface area (Å²) in [6.45, 7) is 13.2. The molecule has 0 radical (unpaired) electrons. The largest absolute Gasteiger partial charge is 0.357 e. The molecule has 0 bridgehead atoms. The third kappa shape index (κ3) is 5.47. The van der Waals surface area contributed by atoms with Crippen molar-refractivity contribution >= 4 is 5.96 Å². The van der Waals surface area contributed by atoms with Crippen molar-refractivity contribution in [3.05, 3.63) is 11.7 Å². The van der Waals surface area contributed by atoms with Crippen LogP contribution in [0, 0.1) is 0 Å². The van der Waals surface area contributed by atoms with Crippen molar-refractivity contribution in [2.24, 2.45) is 4.99 Å². The number of likely N-dealkylation sites (N-methyl/N-ethyl adjacent to an activating group) is 1. The Morgan fingerprint density at radius 2 is 2.21 bits per heavy atom. The minimum absolute atomic E-state index is 0.294. The van der Waals surface area contributed by atoms with Crippen LogP contribution in [0.5, 0.6) is 0 Å². The topological polar surface area (TPSA) is 78.6 Å². The number of guanidine groups is 1. The molecular formula is C17H32N6O. The summed E-state index contributed by atoms with van der Waals surface area (Å²) in [4.78, 5) is 11.7. The summed E-state index contributed by atoms with van der Waals surface area (Å²) in [5.41, 5.74) is 0. The van der Waals surface area contributed by atoms with Gasteiger partial charge in [-0.2, -0.15) is 4.98 Å². The monoisotopic (exact) mass is 336 g/mol. The van der Waals surface area contributed by atoms with Gasteiger partial charge in [-0.15, -0.1) is 0 Å². The lowest BCUT2D eigenvalue weighted by molar-refractivity contribution is 0.273. The molecule has 7 nitrogen and oxygen atoms in total. The predicted molar refractivity (Wildman–Crippen MR) is 96.3 cm³/mol. The highest BCUT2D eigenvalue weighted by atomic mass is 16.5. The number of hydrogen-bond acceptors (Lipinski definition) is 5. The van der Waals surface area contributed by atoms with E-state index >= 15 is 0 Å². The van der Waals surface area contributed by atoms with Crippen molar-refractivity contribution in [1.29, 1.82) is 0 Å². The van der Waals surface area contributed by atoms with Gasteiger partial charge in [0.05, 0.1) is 6.54 Å². The number of hydrogen-bond donors (Lipinski definition) is 2. The Morgan fingerprint density at radius 1 is 1.38 bits per heavy atom. The van der Waals surface area contributed by atoms with E-state index in [0.29, 0.717) is 24.3 Å². The van der Waals surface area contributed by atoms with Gasteiger partial charge in [-0.25, -0.2) is 0 Å². The number of likely N-dealkylation sites (tertiary alicyclic amines) is 1. The van der Waals surface area contributed by atoms with Crippen molar-refractivity contribution in [2.45, 2.75) is 58.9 Å². The van der Waals surface area contributed by atoms with Gasteiger partial charge in [-0.1, -0.05) is 25.9 Å². The molecule has 0 saturated carbocycles. The Labute approximate surface area is 145 Å². The van der Waals surface area contributed by atoms with E-state index in [2.05, 4.69) is 53.4 Å². The second kappa shape index (κ2) is 9.61. The van der Waals surface area contributed by atoms with Gasteiger partial charge in [0.15, 0.2) is 11.8 Å². The molecule has 0 spiro atoms. The molecule has 2 rings (SSSR count). The predicted octanol–water partition coefficient (Wildman–Crippen LogP) is 1.77. The molecule has 1 atom stereocenters. The molecule has 1 aromatic rings. The molecule has 0 amide bonds. The molecule has 2 N–H and O–H groups in total. The SMILES string of the molecule is CCNC(=NCC1CCCN1CC)NCCc1nc(C(C)C)no1. The van der Waals surface area contributed by atoms with Crippen LogP contribution in [0.2, 0.25) is 0 Å². The van der Waals surface area contributed by atoms with Crippen LogP contribution in [0.25, 0.3) is 0 Å². The summed E-state index contributed by atoms with van der Waals surface area (Å²) in [5, 5.41) is 10.7. The van der Waals surface area contributed by atoms with Gasteiger partial charge in [0, 0.05) is 31.5 Å². The molecule has 1 aromatic heterocycles. The molecule has 1 aliphatic heterocycles. The second-order valence-corrected chi connectivity index (χ2v) is 6.52. The molecule has 1 aliphatic rings. The summed E-state index contributed by atoms with van der Waals surface area (Å²) in [7, 11) is 0. The minimum Gasteiger partial charge on any atom is -0.357 e. The maximum Gasteiger partial charge on any atom is 0.228 e. The normalized spacial score (nSPS) is 19.2. The summed E-state index contributed by atoms with van der Waals surface area (Å²) in [5.74, 6) is 2.60. The Balaban J connectivity index is 1.80. The van der Waals surface area contributed by atoms with E-state index in [0.717, 1.165) is 38.0 Å². The van der Waals surface area contributed by atoms with Crippen molar-refractivity contribution in [3.8, 4) is 0 Å². The zero-order chi connectivity index (χ0) is 17.4. The lowest BCUT2D eigenvalue weighted by Crippen LogP contribution is -2.40. The zero-order valence-corrected chi connectivity index (χ0v) is 15.5. The molecule has 136 valence electrons. The molecule has 0 aliphatic carbocycles. The Kier molecular flexibility index (Phi) is 7.49. The van der Waals surface area contributed by atoms with Crippen molar-refractivity contribution < 1.29 is 4.52 Å². The maximum atomic E-state index is 5.27. The standard InChI is InChI=1S/C17H32N6O/c1-5-18-17(20-12-14-8-7-11-23(14)6-2)19-10-9-15-21-16(13(3)4)22-24-15/h13-14H,5-12H2,1-4H3,(H2,18,19,20). The van der Waals surface area contributed by atoms with E-state index < -0.39 is 0 Å². The summed E-state index contributed by atoms with van der Waals surface area (Å²) >= 11 is 0. The highest BCUT2D eigenvalue weighted by molar-refractivity contribution is 5.79. The quantitative estimate of drug-likeness (QED) is 0.556. The van der Waals surface area contributed by atoms with Gasteiger partial charge in [0.25, 0.3) is 0 Å². The van der Waals surface area contributed by atoms with Crippen molar-refractivity contribution in [1.82, 2.24) is 25.7 Å². The smallest absolute Gasteiger partial charge is 0.228 e. The summed E-state index contributed by atoms with van der Waals surface area (Å²) in [6, 6.07) is 0.579. The molecule has 1 fully saturated rings. The number of aliphatic imine (C=N–C) groups is 1. The van der Waals surface area contributed by atoms with Gasteiger partial charge >= 0.3 is 0 Å². The van der Waals surface area contributed by atoms with E-state index in [4.69, 9.17) is 9.52 Å². The van der Waals surface area contributed by atoms with Gasteiger partial charge in [-0.05, 0) is 32.9 Å². The summed E-state index contributed by atoms with van der Waals surface area (Å²) in [6.07, 6.45) is 3.23. The van der Waals surface area contributed by atoms with Crippen LogP contribution in [0.3, 0.4) is 0 Å². The zero-order valence-electron chi connectivity index (χ0n) is 15.5. The van der Waals surface area contributed by atoms with E-state index in [1.54, 1.807) is 0 Å². The van der Waals surface area contributed by atoms with Crippen molar-refractivity contribution in [3.63, 3.8) is 0 Å². The van der Waals surface area contributed by atoms with Crippen LogP contribution >= 0.6 is 0 Å². The maximum absolute atomic E-state index is 5.27. The second-order valence-electron chi connectivity index (χ2n) is 6.52. The number of nitrogens with zero attached hydrogens (tertiary/aromatic N) is 4. The van der Waals surface area contributed by atoms with Gasteiger partial charge in [0.2, 0.25) is 5.89 Å². The highest BCUT2D eigenvalue weighted by Crippen LogP contribution is 2.16. The van der Waals surface area contributed by atoms with E-state index in [-0.39, 0.29) is 0 Å². The van der Waals surface area contributed by atoms with E-state index in [1.165, 1.54) is 19.4 Å². The number of rotatable bonds is 8. The first-order valence-corrected chi connectivity index (χ1v) is 9.22. The minimum atomic E-state index is 0.294. The fourth-order valence-electron chi connectivity index (χ4n) is 2.95. The first-order valence-electron chi connectivity index (χ1n) is 9.22. The molecule has 0 aromatic carbocycles. The number of aromatic nitrogens is 2. The van der Waals surface area contributed by atoms with Crippen molar-refractivity contribution in [2.75, 3.05) is 32.7 Å². The number of nitrogens with one attached hydrogen (secondary N) is 2. The average molecular weight is 336 g/mol. The third-order valence-corrected chi connectivity index (χ3v) is 4.34. The van der Waals surface area contributed by atoms with Crippen LogP contribution in [-0.2, 0) is 6.42 Å².